The molecule has 0 aromatic heterocycles. The quantitative estimate of drug-likeness (QED) is 0.585. The van der Waals surface area contributed by atoms with E-state index in [-0.39, 0.29) is 5.91 Å². The predicted octanol–water partition coefficient (Wildman–Crippen LogP) is 3.63. The van der Waals surface area contributed by atoms with Crippen molar-refractivity contribution in [3.05, 3.63) is 76.9 Å². The summed E-state index contributed by atoms with van der Waals surface area (Å²) in [5, 5.41) is 0. The van der Waals surface area contributed by atoms with Gasteiger partial charge in [0.15, 0.2) is 0 Å². The average Bonchev–Trinajstić information content (AvgIpc) is 2.85. The molecule has 1 N–H and O–H groups in total. The first-order valence-electron chi connectivity index (χ1n) is 9.66. The number of nitrogens with zero attached hydrogens (tertiary/aromatic N) is 1. The van der Waals surface area contributed by atoms with Crippen molar-refractivity contribution in [1.29, 1.82) is 0 Å². The van der Waals surface area contributed by atoms with Gasteiger partial charge in [0, 0.05) is 20.0 Å². The molecule has 4 heteroatoms. The van der Waals surface area contributed by atoms with Gasteiger partial charge < -0.3 is 4.90 Å². The lowest BCUT2D eigenvalue weighted by Crippen LogP contribution is -2.27. The van der Waals surface area contributed by atoms with E-state index in [9.17, 15) is 4.79 Å². The summed E-state index contributed by atoms with van der Waals surface area (Å²) in [5.41, 5.74) is 6.76. The van der Waals surface area contributed by atoms with Gasteiger partial charge in [-0.2, -0.15) is 0 Å². The van der Waals surface area contributed by atoms with E-state index >= 15 is 0 Å². The second-order valence-corrected chi connectivity index (χ2v) is 7.32. The molecule has 0 bridgehead atoms. The molecule has 0 saturated carbocycles. The van der Waals surface area contributed by atoms with Crippen molar-refractivity contribution in [3.8, 4) is 0 Å². The molecule has 0 saturated heterocycles. The molecule has 0 aliphatic heterocycles. The predicted molar refractivity (Wildman–Crippen MR) is 108 cm³/mol. The van der Waals surface area contributed by atoms with Crippen molar-refractivity contribution < 1.29 is 16.6 Å². The van der Waals surface area contributed by atoms with Crippen LogP contribution in [0.4, 0.5) is 0 Å². The van der Waals surface area contributed by atoms with Gasteiger partial charge >= 0.3 is 0 Å². The second kappa shape index (κ2) is 9.72. The third-order valence-electron chi connectivity index (χ3n) is 5.19. The van der Waals surface area contributed by atoms with E-state index in [2.05, 4.69) is 59.4 Å². The van der Waals surface area contributed by atoms with Gasteiger partial charge in [-0.3, -0.25) is 4.79 Å². The van der Waals surface area contributed by atoms with E-state index in [4.69, 9.17) is 11.8 Å². The van der Waals surface area contributed by atoms with Crippen LogP contribution in [-0.2, 0) is 17.6 Å². The number of benzene rings is 2. The standard InChI is InChI=1S/C23H28ClN2O/c1-26(23(27)13-6-16-25-24)17-7-12-22-20-10-4-2-8-18(20)14-15-19-9-3-5-11-21(19)22/h2-5,8-12,24-25H,6-7,13-17H2,1H3/q+1. The summed E-state index contributed by atoms with van der Waals surface area (Å²) in [6, 6.07) is 17.4. The molecule has 27 heavy (non-hydrogen) atoms. The van der Waals surface area contributed by atoms with Crippen LogP contribution in [-0.4, -0.2) is 30.9 Å². The summed E-state index contributed by atoms with van der Waals surface area (Å²) < 4.78 is 0. The first-order chi connectivity index (χ1) is 13.2. The minimum absolute atomic E-state index is 0.181. The Kier molecular flexibility index (Phi) is 7.08. The maximum atomic E-state index is 12.2. The molecule has 2 aromatic carbocycles. The Morgan fingerprint density at radius 2 is 1.67 bits per heavy atom. The van der Waals surface area contributed by atoms with E-state index in [1.54, 1.807) is 0 Å². The van der Waals surface area contributed by atoms with Crippen LogP contribution in [0.5, 0.6) is 0 Å². The SMILES string of the molecule is CN(CCC=C1c2ccccc2CCc2ccccc21)C(=O)CCCN[ClH+]. The van der Waals surface area contributed by atoms with Crippen molar-refractivity contribution >= 4 is 11.5 Å². The number of halogens is 1. The van der Waals surface area contributed by atoms with Gasteiger partial charge in [-0.05, 0) is 53.5 Å². The number of carbonyl (C=O) groups excluding carboxylic acids is 1. The topological polar surface area (TPSA) is 32.3 Å². The average molecular weight is 384 g/mol. The number of carbonyl (C=O) groups is 1. The molecule has 0 unspecified atom stereocenters. The van der Waals surface area contributed by atoms with Crippen LogP contribution < -0.4 is 4.84 Å². The van der Waals surface area contributed by atoms with Crippen LogP contribution in [0.15, 0.2) is 54.6 Å². The number of nitrogens with one attached hydrogen (secondary N) is 1. The van der Waals surface area contributed by atoms with Crippen LogP contribution in [0.2, 0.25) is 0 Å². The summed E-state index contributed by atoms with van der Waals surface area (Å²) in [6.45, 7) is 1.43. The molecule has 0 heterocycles. The smallest absolute Gasteiger partial charge is 0.223 e. The minimum Gasteiger partial charge on any atom is -0.345 e. The van der Waals surface area contributed by atoms with Crippen LogP contribution in [0.25, 0.3) is 5.57 Å². The zero-order chi connectivity index (χ0) is 19.1. The number of amides is 1. The van der Waals surface area contributed by atoms with Crippen LogP contribution in [0, 0.1) is 11.8 Å². The molecule has 0 atom stereocenters. The van der Waals surface area contributed by atoms with E-state index in [0.29, 0.717) is 13.0 Å². The van der Waals surface area contributed by atoms with Crippen LogP contribution in [0.1, 0.15) is 41.5 Å². The fourth-order valence-electron chi connectivity index (χ4n) is 3.67. The first-order valence-corrected chi connectivity index (χ1v) is 10.1. The maximum Gasteiger partial charge on any atom is 0.223 e. The fraction of sp³-hybridized carbons (Fsp3) is 0.348. The van der Waals surface area contributed by atoms with Gasteiger partial charge in [-0.25, -0.2) is 0 Å². The monoisotopic (exact) mass is 383 g/mol. The van der Waals surface area contributed by atoms with Gasteiger partial charge in [0.25, 0.3) is 0 Å². The number of hydrogen-bond acceptors (Lipinski definition) is 2. The molecule has 1 aliphatic carbocycles. The normalized spacial score (nSPS) is 12.7. The van der Waals surface area contributed by atoms with Crippen LogP contribution in [0.3, 0.4) is 0 Å². The van der Waals surface area contributed by atoms with Crippen molar-refractivity contribution in [2.75, 3.05) is 20.1 Å². The molecule has 3 rings (SSSR count). The molecule has 0 spiro atoms. The lowest BCUT2D eigenvalue weighted by atomic mass is 9.93. The maximum absolute atomic E-state index is 12.2. The Labute approximate surface area is 167 Å². The Morgan fingerprint density at radius 1 is 1.07 bits per heavy atom. The van der Waals surface area contributed by atoms with Gasteiger partial charge in [0.2, 0.25) is 17.7 Å². The van der Waals surface area contributed by atoms with E-state index in [1.165, 1.54) is 27.8 Å². The number of hydrogen-bond donors (Lipinski definition) is 1. The van der Waals surface area contributed by atoms with Crippen molar-refractivity contribution in [1.82, 2.24) is 9.74 Å². The van der Waals surface area contributed by atoms with E-state index in [1.807, 2.05) is 11.9 Å². The molecule has 1 aliphatic rings. The molecule has 142 valence electrons. The Hall–Kier alpha value is -2.10. The highest BCUT2D eigenvalue weighted by atomic mass is 35.5. The highest BCUT2D eigenvalue weighted by Gasteiger charge is 2.17. The molecule has 0 fully saturated rings. The highest BCUT2D eigenvalue weighted by molar-refractivity contribution is 5.84. The second-order valence-electron chi connectivity index (χ2n) is 7.03. The summed E-state index contributed by atoms with van der Waals surface area (Å²) >= 11 is 4.70. The minimum atomic E-state index is 0.181. The zero-order valence-corrected chi connectivity index (χ0v) is 16.7. The molecule has 1 amide bonds. The molecule has 3 nitrogen and oxygen atoms in total. The third-order valence-corrected chi connectivity index (χ3v) is 5.39. The Morgan fingerprint density at radius 3 is 2.26 bits per heavy atom. The van der Waals surface area contributed by atoms with Crippen molar-refractivity contribution in [3.63, 3.8) is 0 Å². The Bertz CT molecular complexity index is 766. The summed E-state index contributed by atoms with van der Waals surface area (Å²) in [7, 11) is 1.89. The number of fused-ring (bicyclic) bond motifs is 2. The molecular formula is C23H28ClN2O+. The zero-order valence-electron chi connectivity index (χ0n) is 15.9. The highest BCUT2D eigenvalue weighted by Crippen LogP contribution is 2.33. The number of aryl methyl sites for hydroxylation is 2. The lowest BCUT2D eigenvalue weighted by molar-refractivity contribution is -0.442. The molecular weight excluding hydrogens is 356 g/mol. The van der Waals surface area contributed by atoms with E-state index in [0.717, 1.165) is 32.2 Å². The van der Waals surface area contributed by atoms with Crippen molar-refractivity contribution in [2.45, 2.75) is 32.1 Å². The first kappa shape index (κ1) is 19.7. The van der Waals surface area contributed by atoms with Gasteiger partial charge in [0.1, 0.15) is 0 Å². The summed E-state index contributed by atoms with van der Waals surface area (Å²) in [5.74, 6) is 0.181. The van der Waals surface area contributed by atoms with Gasteiger partial charge in [-0.1, -0.05) is 59.4 Å². The fourth-order valence-corrected chi connectivity index (χ4v) is 3.81. The summed E-state index contributed by atoms with van der Waals surface area (Å²) in [6.07, 6.45) is 6.62. The molecule has 2 aromatic rings. The van der Waals surface area contributed by atoms with Gasteiger partial charge in [-0.15, -0.1) is 0 Å². The van der Waals surface area contributed by atoms with E-state index < -0.39 is 0 Å². The largest absolute Gasteiger partial charge is 0.345 e. The number of rotatable bonds is 7. The third kappa shape index (κ3) is 5.00. The lowest BCUT2D eigenvalue weighted by Gasteiger charge is -2.17. The summed E-state index contributed by atoms with van der Waals surface area (Å²) in [4.78, 5) is 16.7. The van der Waals surface area contributed by atoms with Gasteiger partial charge in [0.05, 0.1) is 6.54 Å². The van der Waals surface area contributed by atoms with Crippen LogP contribution >= 0.6 is 0 Å². The Balaban J connectivity index is 1.76. The molecule has 0 radical (unpaired) electrons. The van der Waals surface area contributed by atoms with Crippen molar-refractivity contribution in [2.24, 2.45) is 0 Å².